The van der Waals surface area contributed by atoms with Crippen molar-refractivity contribution in [2.45, 2.75) is 70.7 Å². The van der Waals surface area contributed by atoms with Gasteiger partial charge in [-0.25, -0.2) is 0 Å². The average Bonchev–Trinajstić information content (AvgIpc) is 2.44. The van der Waals surface area contributed by atoms with Gasteiger partial charge in [0.2, 0.25) is 0 Å². The summed E-state index contributed by atoms with van der Waals surface area (Å²) in [6.45, 7) is 8.28. The molecule has 0 saturated heterocycles. The predicted molar refractivity (Wildman–Crippen MR) is 81.1 cm³/mol. The third kappa shape index (κ3) is 2.07. The highest BCUT2D eigenvalue weighted by atomic mass is 16.6. The van der Waals surface area contributed by atoms with Gasteiger partial charge in [0.05, 0.1) is 5.60 Å². The van der Waals surface area contributed by atoms with Gasteiger partial charge < -0.3 is 9.84 Å². The van der Waals surface area contributed by atoms with Gasteiger partial charge in [0.25, 0.3) is 0 Å². The van der Waals surface area contributed by atoms with E-state index in [-0.39, 0.29) is 5.60 Å². The molecule has 1 unspecified atom stereocenters. The van der Waals surface area contributed by atoms with Crippen LogP contribution in [0.25, 0.3) is 0 Å². The van der Waals surface area contributed by atoms with Crippen LogP contribution < -0.4 is 0 Å². The monoisotopic (exact) mass is 278 g/mol. The molecular weight excluding hydrogens is 248 g/mol. The Morgan fingerprint density at radius 3 is 2.00 bits per heavy atom. The quantitative estimate of drug-likeness (QED) is 0.584. The van der Waals surface area contributed by atoms with Crippen LogP contribution in [0.4, 0.5) is 0 Å². The zero-order chi connectivity index (χ0) is 14.3. The van der Waals surface area contributed by atoms with Gasteiger partial charge in [-0.2, -0.15) is 0 Å². The Labute approximate surface area is 123 Å². The van der Waals surface area contributed by atoms with E-state index >= 15 is 0 Å². The van der Waals surface area contributed by atoms with Crippen molar-refractivity contribution in [1.82, 2.24) is 0 Å². The SMILES string of the molecule is C=CC(O)OC1(C(CC)CC)C2CC3CC(C2)CC1C3. The van der Waals surface area contributed by atoms with Crippen molar-refractivity contribution in [3.8, 4) is 0 Å². The fourth-order valence-electron chi connectivity index (χ4n) is 6.06. The molecule has 0 amide bonds. The summed E-state index contributed by atoms with van der Waals surface area (Å²) in [6, 6.07) is 0. The molecule has 2 heteroatoms. The summed E-state index contributed by atoms with van der Waals surface area (Å²) in [7, 11) is 0. The van der Waals surface area contributed by atoms with Gasteiger partial charge in [0, 0.05) is 0 Å². The number of aliphatic hydroxyl groups excluding tert-OH is 1. The predicted octanol–water partition coefficient (Wildman–Crippen LogP) is 4.14. The Balaban J connectivity index is 1.94. The number of hydrogen-bond donors (Lipinski definition) is 1. The van der Waals surface area contributed by atoms with E-state index in [1.807, 2.05) is 0 Å². The summed E-state index contributed by atoms with van der Waals surface area (Å²) in [6.07, 6.45) is 9.83. The van der Waals surface area contributed by atoms with Crippen molar-refractivity contribution >= 4 is 0 Å². The van der Waals surface area contributed by atoms with E-state index in [0.29, 0.717) is 17.8 Å². The van der Waals surface area contributed by atoms with E-state index in [9.17, 15) is 5.11 Å². The molecule has 4 aliphatic carbocycles. The van der Waals surface area contributed by atoms with Crippen LogP contribution in [-0.2, 0) is 4.74 Å². The standard InChI is InChI=1S/C18H30O2/c1-4-14(5-2)18(20-17(19)6-3)15-8-12-7-13(10-15)11-16(18)9-12/h6,12-17,19H,3-5,7-11H2,1-2H3. The summed E-state index contributed by atoms with van der Waals surface area (Å²) in [5.74, 6) is 3.78. The summed E-state index contributed by atoms with van der Waals surface area (Å²) in [5.41, 5.74) is -0.0788. The lowest BCUT2D eigenvalue weighted by Crippen LogP contribution is -2.63. The molecule has 4 bridgehead atoms. The summed E-state index contributed by atoms with van der Waals surface area (Å²) in [5, 5.41) is 10.1. The van der Waals surface area contributed by atoms with Crippen molar-refractivity contribution in [3.63, 3.8) is 0 Å². The van der Waals surface area contributed by atoms with Gasteiger partial charge in [-0.05, 0) is 67.8 Å². The number of hydrogen-bond acceptors (Lipinski definition) is 2. The maximum Gasteiger partial charge on any atom is 0.174 e. The van der Waals surface area contributed by atoms with Crippen LogP contribution in [-0.4, -0.2) is 17.0 Å². The van der Waals surface area contributed by atoms with Gasteiger partial charge in [-0.3, -0.25) is 0 Å². The molecule has 4 aliphatic rings. The second-order valence-corrected chi connectivity index (χ2v) is 7.42. The van der Waals surface area contributed by atoms with E-state index in [0.717, 1.165) is 24.7 Å². The summed E-state index contributed by atoms with van der Waals surface area (Å²) >= 11 is 0. The molecular formula is C18H30O2. The molecule has 4 fully saturated rings. The van der Waals surface area contributed by atoms with Gasteiger partial charge >= 0.3 is 0 Å². The van der Waals surface area contributed by atoms with Gasteiger partial charge in [-0.15, -0.1) is 0 Å². The third-order valence-electron chi connectivity index (χ3n) is 6.56. The van der Waals surface area contributed by atoms with Crippen molar-refractivity contribution < 1.29 is 9.84 Å². The largest absolute Gasteiger partial charge is 0.365 e. The van der Waals surface area contributed by atoms with Crippen LogP contribution in [0.1, 0.15) is 58.8 Å². The maximum atomic E-state index is 10.1. The highest BCUT2D eigenvalue weighted by molar-refractivity contribution is 5.10. The highest BCUT2D eigenvalue weighted by Gasteiger charge is 2.60. The molecule has 0 aliphatic heterocycles. The van der Waals surface area contributed by atoms with Crippen LogP contribution in [0.3, 0.4) is 0 Å². The van der Waals surface area contributed by atoms with Gasteiger partial charge in [0.15, 0.2) is 6.29 Å². The Bertz CT molecular complexity index is 330. The second-order valence-electron chi connectivity index (χ2n) is 7.42. The maximum absolute atomic E-state index is 10.1. The Morgan fingerprint density at radius 2 is 1.60 bits per heavy atom. The number of aliphatic hydroxyl groups is 1. The fraction of sp³-hybridized carbons (Fsp3) is 0.889. The lowest BCUT2D eigenvalue weighted by molar-refractivity contribution is -0.278. The Hall–Kier alpha value is -0.340. The topological polar surface area (TPSA) is 29.5 Å². The molecule has 4 rings (SSSR count). The van der Waals surface area contributed by atoms with Crippen molar-refractivity contribution in [3.05, 3.63) is 12.7 Å². The minimum Gasteiger partial charge on any atom is -0.365 e. The van der Waals surface area contributed by atoms with Crippen molar-refractivity contribution in [2.24, 2.45) is 29.6 Å². The third-order valence-corrected chi connectivity index (χ3v) is 6.56. The molecule has 0 aromatic heterocycles. The second kappa shape index (κ2) is 5.46. The first-order valence-corrected chi connectivity index (χ1v) is 8.62. The van der Waals surface area contributed by atoms with E-state index in [1.165, 1.54) is 32.1 Å². The first kappa shape index (κ1) is 14.6. The van der Waals surface area contributed by atoms with Crippen LogP contribution in [0.15, 0.2) is 12.7 Å². The molecule has 4 saturated carbocycles. The first-order chi connectivity index (χ1) is 9.63. The van der Waals surface area contributed by atoms with E-state index in [2.05, 4.69) is 20.4 Å². The molecule has 2 nitrogen and oxygen atoms in total. The van der Waals surface area contributed by atoms with E-state index < -0.39 is 6.29 Å². The molecule has 20 heavy (non-hydrogen) atoms. The molecule has 0 radical (unpaired) electrons. The molecule has 114 valence electrons. The van der Waals surface area contributed by atoms with E-state index in [1.54, 1.807) is 6.08 Å². The highest BCUT2D eigenvalue weighted by Crippen LogP contribution is 2.62. The molecule has 0 aromatic rings. The smallest absolute Gasteiger partial charge is 0.174 e. The lowest BCUT2D eigenvalue weighted by Gasteiger charge is -2.63. The molecule has 0 spiro atoms. The Morgan fingerprint density at radius 1 is 1.10 bits per heavy atom. The lowest BCUT2D eigenvalue weighted by atomic mass is 9.46. The molecule has 1 N–H and O–H groups in total. The first-order valence-electron chi connectivity index (χ1n) is 8.62. The van der Waals surface area contributed by atoms with E-state index in [4.69, 9.17) is 4.74 Å². The number of rotatable bonds is 6. The van der Waals surface area contributed by atoms with Crippen molar-refractivity contribution in [2.75, 3.05) is 0 Å². The molecule has 0 heterocycles. The number of ether oxygens (including phenoxy) is 1. The zero-order valence-corrected chi connectivity index (χ0v) is 13.1. The van der Waals surface area contributed by atoms with Crippen LogP contribution >= 0.6 is 0 Å². The molecule has 0 aromatic carbocycles. The zero-order valence-electron chi connectivity index (χ0n) is 13.1. The Kier molecular flexibility index (Phi) is 3.98. The van der Waals surface area contributed by atoms with Crippen LogP contribution in [0.5, 0.6) is 0 Å². The minimum atomic E-state index is -0.798. The van der Waals surface area contributed by atoms with Crippen molar-refractivity contribution in [1.29, 1.82) is 0 Å². The van der Waals surface area contributed by atoms with Crippen LogP contribution in [0.2, 0.25) is 0 Å². The van der Waals surface area contributed by atoms with Gasteiger partial charge in [0.1, 0.15) is 0 Å². The normalized spacial score (nSPS) is 44.0. The van der Waals surface area contributed by atoms with Gasteiger partial charge in [-0.1, -0.05) is 33.3 Å². The molecule has 1 atom stereocenters. The summed E-state index contributed by atoms with van der Waals surface area (Å²) < 4.78 is 6.35. The fourth-order valence-corrected chi connectivity index (χ4v) is 6.06. The summed E-state index contributed by atoms with van der Waals surface area (Å²) in [4.78, 5) is 0. The minimum absolute atomic E-state index is 0.0788. The van der Waals surface area contributed by atoms with Crippen LogP contribution in [0, 0.1) is 29.6 Å². The average molecular weight is 278 g/mol.